The van der Waals surface area contributed by atoms with Crippen LogP contribution in [0.3, 0.4) is 0 Å². The Morgan fingerprint density at radius 3 is 2.59 bits per heavy atom. The number of amides is 2. The van der Waals surface area contributed by atoms with E-state index in [1.54, 1.807) is 28.9 Å². The molecular formula is C18H24N6O3. The van der Waals surface area contributed by atoms with Gasteiger partial charge in [-0.2, -0.15) is 0 Å². The maximum atomic E-state index is 12.2. The zero-order valence-electron chi connectivity index (χ0n) is 15.4. The van der Waals surface area contributed by atoms with E-state index in [0.717, 1.165) is 32.4 Å². The van der Waals surface area contributed by atoms with Gasteiger partial charge in [0.2, 0.25) is 5.91 Å². The molecule has 2 aromatic rings. The molecule has 1 N–H and O–H groups in total. The predicted octanol–water partition coefficient (Wildman–Crippen LogP) is 1.01. The molecule has 27 heavy (non-hydrogen) atoms. The fourth-order valence-electron chi connectivity index (χ4n) is 2.94. The first-order valence-electron chi connectivity index (χ1n) is 9.21. The molecule has 1 fully saturated rings. The third-order valence-electron chi connectivity index (χ3n) is 4.50. The van der Waals surface area contributed by atoms with Gasteiger partial charge in [0.25, 0.3) is 5.91 Å². The van der Waals surface area contributed by atoms with Crippen molar-refractivity contribution < 1.29 is 14.3 Å². The summed E-state index contributed by atoms with van der Waals surface area (Å²) in [5.41, 5.74) is 0.479. The van der Waals surface area contributed by atoms with E-state index in [4.69, 9.17) is 4.74 Å². The van der Waals surface area contributed by atoms with Gasteiger partial charge in [-0.05, 0) is 60.9 Å². The molecule has 1 aliphatic rings. The first kappa shape index (κ1) is 18.8. The third-order valence-corrected chi connectivity index (χ3v) is 4.50. The molecule has 0 radical (unpaired) electrons. The van der Waals surface area contributed by atoms with Crippen molar-refractivity contribution in [1.29, 1.82) is 0 Å². The average Bonchev–Trinajstić information content (AvgIpc) is 3.19. The smallest absolute Gasteiger partial charge is 0.251 e. The second-order valence-electron chi connectivity index (χ2n) is 6.35. The molecule has 0 bridgehead atoms. The van der Waals surface area contributed by atoms with Crippen LogP contribution in [0.1, 0.15) is 42.4 Å². The summed E-state index contributed by atoms with van der Waals surface area (Å²) in [6, 6.07) is 6.75. The van der Waals surface area contributed by atoms with Crippen LogP contribution in [0.15, 0.2) is 24.3 Å². The summed E-state index contributed by atoms with van der Waals surface area (Å²) in [4.78, 5) is 26.1. The molecule has 0 spiro atoms. The Kier molecular flexibility index (Phi) is 6.35. The van der Waals surface area contributed by atoms with Gasteiger partial charge in [0.05, 0.1) is 6.54 Å². The lowest BCUT2D eigenvalue weighted by atomic mass is 10.1. The molecule has 0 saturated carbocycles. The van der Waals surface area contributed by atoms with Gasteiger partial charge >= 0.3 is 0 Å². The molecule has 1 aliphatic heterocycles. The van der Waals surface area contributed by atoms with E-state index in [-0.39, 0.29) is 25.0 Å². The molecule has 3 rings (SSSR count). The Labute approximate surface area is 157 Å². The SMILES string of the molecule is CCn1nnnc1COc1ccc(C(=O)NCC(=O)N2CCCCC2)cc1. The summed E-state index contributed by atoms with van der Waals surface area (Å²) in [7, 11) is 0. The number of nitrogens with zero attached hydrogens (tertiary/aromatic N) is 5. The number of carbonyl (C=O) groups is 2. The Morgan fingerprint density at radius 2 is 1.89 bits per heavy atom. The number of hydrogen-bond acceptors (Lipinski definition) is 6. The Bertz CT molecular complexity index is 768. The molecule has 2 heterocycles. The fourth-order valence-corrected chi connectivity index (χ4v) is 2.94. The minimum absolute atomic E-state index is 0.0246. The zero-order chi connectivity index (χ0) is 19.1. The second kappa shape index (κ2) is 9.11. The number of benzene rings is 1. The maximum Gasteiger partial charge on any atom is 0.251 e. The van der Waals surface area contributed by atoms with Gasteiger partial charge in [-0.1, -0.05) is 0 Å². The first-order valence-corrected chi connectivity index (χ1v) is 9.21. The molecule has 1 saturated heterocycles. The van der Waals surface area contributed by atoms with Crippen LogP contribution in [0, 0.1) is 0 Å². The molecule has 0 atom stereocenters. The van der Waals surface area contributed by atoms with Crippen LogP contribution in [0.5, 0.6) is 5.75 Å². The Balaban J connectivity index is 1.47. The molecule has 2 amide bonds. The van der Waals surface area contributed by atoms with Crippen molar-refractivity contribution in [1.82, 2.24) is 30.4 Å². The number of carbonyl (C=O) groups excluding carboxylic acids is 2. The molecule has 0 aliphatic carbocycles. The van der Waals surface area contributed by atoms with E-state index in [2.05, 4.69) is 20.8 Å². The first-order chi connectivity index (χ1) is 13.2. The Morgan fingerprint density at radius 1 is 1.15 bits per heavy atom. The number of aryl methyl sites for hydroxylation is 1. The summed E-state index contributed by atoms with van der Waals surface area (Å²) in [5.74, 6) is 0.940. The van der Waals surface area contributed by atoms with Crippen LogP contribution in [-0.4, -0.2) is 56.6 Å². The molecule has 9 heteroatoms. The van der Waals surface area contributed by atoms with E-state index in [0.29, 0.717) is 23.7 Å². The summed E-state index contributed by atoms with van der Waals surface area (Å²) >= 11 is 0. The quantitative estimate of drug-likeness (QED) is 0.778. The predicted molar refractivity (Wildman–Crippen MR) is 97.0 cm³/mol. The molecule has 9 nitrogen and oxygen atoms in total. The van der Waals surface area contributed by atoms with E-state index in [1.807, 2.05) is 11.8 Å². The van der Waals surface area contributed by atoms with Crippen LogP contribution >= 0.6 is 0 Å². The van der Waals surface area contributed by atoms with Crippen LogP contribution < -0.4 is 10.1 Å². The average molecular weight is 372 g/mol. The number of rotatable bonds is 7. The van der Waals surface area contributed by atoms with Gasteiger partial charge in [-0.25, -0.2) is 4.68 Å². The van der Waals surface area contributed by atoms with Gasteiger partial charge in [0.15, 0.2) is 5.82 Å². The molecule has 1 aromatic carbocycles. The van der Waals surface area contributed by atoms with Gasteiger partial charge < -0.3 is 15.0 Å². The summed E-state index contributed by atoms with van der Waals surface area (Å²) in [5, 5.41) is 14.0. The van der Waals surface area contributed by atoms with E-state index < -0.39 is 0 Å². The van der Waals surface area contributed by atoms with E-state index in [1.165, 1.54) is 0 Å². The van der Waals surface area contributed by atoms with Gasteiger partial charge in [-0.15, -0.1) is 5.10 Å². The summed E-state index contributed by atoms with van der Waals surface area (Å²) in [6.45, 7) is 4.45. The van der Waals surface area contributed by atoms with Crippen molar-refractivity contribution in [3.63, 3.8) is 0 Å². The third kappa shape index (κ3) is 5.02. The zero-order valence-corrected chi connectivity index (χ0v) is 15.4. The van der Waals surface area contributed by atoms with Crippen LogP contribution in [0.4, 0.5) is 0 Å². The van der Waals surface area contributed by atoms with Crippen molar-refractivity contribution in [2.45, 2.75) is 39.3 Å². The highest BCUT2D eigenvalue weighted by atomic mass is 16.5. The highest BCUT2D eigenvalue weighted by Gasteiger charge is 2.17. The van der Waals surface area contributed by atoms with Crippen molar-refractivity contribution in [2.75, 3.05) is 19.6 Å². The summed E-state index contributed by atoms with van der Waals surface area (Å²) < 4.78 is 7.30. The standard InChI is InChI=1S/C18H24N6O3/c1-2-24-16(20-21-22-24)13-27-15-8-6-14(7-9-15)18(26)19-12-17(25)23-10-4-3-5-11-23/h6-9H,2-5,10-13H2,1H3,(H,19,26). The summed E-state index contributed by atoms with van der Waals surface area (Å²) in [6.07, 6.45) is 3.23. The van der Waals surface area contributed by atoms with Gasteiger partial charge in [0.1, 0.15) is 12.4 Å². The minimum atomic E-state index is -0.276. The second-order valence-corrected chi connectivity index (χ2v) is 6.35. The van der Waals surface area contributed by atoms with Crippen LogP contribution in [-0.2, 0) is 17.9 Å². The highest BCUT2D eigenvalue weighted by Crippen LogP contribution is 2.14. The number of aromatic nitrogens is 4. The normalized spacial score (nSPS) is 14.0. The number of ether oxygens (including phenoxy) is 1. The lowest BCUT2D eigenvalue weighted by Crippen LogP contribution is -2.42. The molecule has 0 unspecified atom stereocenters. The number of likely N-dealkylation sites (tertiary alicyclic amines) is 1. The van der Waals surface area contributed by atoms with Crippen LogP contribution in [0.2, 0.25) is 0 Å². The number of tetrazole rings is 1. The number of hydrogen-bond donors (Lipinski definition) is 1. The molecular weight excluding hydrogens is 348 g/mol. The lowest BCUT2D eigenvalue weighted by molar-refractivity contribution is -0.130. The van der Waals surface area contributed by atoms with E-state index >= 15 is 0 Å². The van der Waals surface area contributed by atoms with Crippen molar-refractivity contribution in [2.24, 2.45) is 0 Å². The van der Waals surface area contributed by atoms with Gasteiger partial charge in [0, 0.05) is 25.2 Å². The highest BCUT2D eigenvalue weighted by molar-refractivity contribution is 5.96. The molecule has 1 aromatic heterocycles. The monoisotopic (exact) mass is 372 g/mol. The maximum absolute atomic E-state index is 12.2. The lowest BCUT2D eigenvalue weighted by Gasteiger charge is -2.26. The van der Waals surface area contributed by atoms with Crippen molar-refractivity contribution in [3.8, 4) is 5.75 Å². The van der Waals surface area contributed by atoms with E-state index in [9.17, 15) is 9.59 Å². The molecule has 144 valence electrons. The fraction of sp³-hybridized carbons (Fsp3) is 0.500. The number of piperidine rings is 1. The van der Waals surface area contributed by atoms with Crippen molar-refractivity contribution in [3.05, 3.63) is 35.7 Å². The Hall–Kier alpha value is -2.97. The van der Waals surface area contributed by atoms with Gasteiger partial charge in [-0.3, -0.25) is 9.59 Å². The topological polar surface area (TPSA) is 102 Å². The number of nitrogens with one attached hydrogen (secondary N) is 1. The van der Waals surface area contributed by atoms with Crippen LogP contribution in [0.25, 0.3) is 0 Å². The minimum Gasteiger partial charge on any atom is -0.486 e. The van der Waals surface area contributed by atoms with Crippen molar-refractivity contribution >= 4 is 11.8 Å². The largest absolute Gasteiger partial charge is 0.486 e.